The molecular formula is C29H24F3N3O3S. The van der Waals surface area contributed by atoms with E-state index in [0.717, 1.165) is 35.0 Å². The highest BCUT2D eigenvalue weighted by molar-refractivity contribution is 8.05. The fourth-order valence-corrected chi connectivity index (χ4v) is 5.42. The second-order valence-electron chi connectivity index (χ2n) is 8.90. The topological polar surface area (TPSA) is 82.4 Å². The lowest BCUT2D eigenvalue weighted by molar-refractivity contribution is -0.137. The number of hydrogen-bond donors (Lipinski definition) is 1. The Bertz CT molecular complexity index is 1510. The largest absolute Gasteiger partial charge is 0.495 e. The molecular weight excluding hydrogens is 527 g/mol. The van der Waals surface area contributed by atoms with Gasteiger partial charge in [0.2, 0.25) is 5.91 Å². The van der Waals surface area contributed by atoms with E-state index < -0.39 is 28.8 Å². The number of methoxy groups -OCH3 is 1. The predicted octanol–water partition coefficient (Wildman–Crippen LogP) is 6.40. The number of halogens is 3. The fourth-order valence-electron chi connectivity index (χ4n) is 4.11. The maximum Gasteiger partial charge on any atom is 0.416 e. The summed E-state index contributed by atoms with van der Waals surface area (Å²) >= 11 is 0.982. The molecule has 6 nitrogen and oxygen atoms in total. The van der Waals surface area contributed by atoms with Crippen LogP contribution in [0.5, 0.6) is 5.75 Å². The number of para-hydroxylation sites is 2. The average molecular weight is 552 g/mol. The van der Waals surface area contributed by atoms with Crippen LogP contribution in [0.3, 0.4) is 0 Å². The van der Waals surface area contributed by atoms with Gasteiger partial charge in [0.25, 0.3) is 5.91 Å². The molecule has 1 aliphatic rings. The lowest BCUT2D eigenvalue weighted by Gasteiger charge is -2.20. The second kappa shape index (κ2) is 11.3. The van der Waals surface area contributed by atoms with E-state index >= 15 is 0 Å². The zero-order valence-corrected chi connectivity index (χ0v) is 22.1. The van der Waals surface area contributed by atoms with Crippen LogP contribution >= 0.6 is 11.8 Å². The van der Waals surface area contributed by atoms with Crippen molar-refractivity contribution >= 4 is 35.0 Å². The summed E-state index contributed by atoms with van der Waals surface area (Å²) in [4.78, 5) is 28.3. The van der Waals surface area contributed by atoms with Crippen LogP contribution in [-0.4, -0.2) is 24.2 Å². The number of anilines is 2. The Balaban J connectivity index is 1.76. The van der Waals surface area contributed by atoms with Gasteiger partial charge in [-0.1, -0.05) is 48.2 Å². The summed E-state index contributed by atoms with van der Waals surface area (Å²) in [6.45, 7) is 3.78. The van der Waals surface area contributed by atoms with Crippen LogP contribution in [0.25, 0.3) is 0 Å². The maximum atomic E-state index is 13.7. The van der Waals surface area contributed by atoms with E-state index in [1.165, 1.54) is 24.1 Å². The number of carbonyl (C=O) groups excluding carboxylic acids is 2. The van der Waals surface area contributed by atoms with E-state index in [2.05, 4.69) is 5.32 Å². The number of amides is 2. The molecule has 0 saturated carbocycles. The molecule has 200 valence electrons. The van der Waals surface area contributed by atoms with Crippen LogP contribution < -0.4 is 15.0 Å². The van der Waals surface area contributed by atoms with Crippen molar-refractivity contribution in [2.45, 2.75) is 31.7 Å². The summed E-state index contributed by atoms with van der Waals surface area (Å²) in [6.07, 6.45) is -4.55. The van der Waals surface area contributed by atoms with Gasteiger partial charge in [0.05, 0.1) is 23.6 Å². The monoisotopic (exact) mass is 551 g/mol. The molecule has 0 aromatic heterocycles. The maximum absolute atomic E-state index is 13.7. The van der Waals surface area contributed by atoms with Crippen LogP contribution in [0.4, 0.5) is 24.5 Å². The Morgan fingerprint density at radius 1 is 1.08 bits per heavy atom. The Hall–Kier alpha value is -4.23. The van der Waals surface area contributed by atoms with Gasteiger partial charge in [-0.2, -0.15) is 18.4 Å². The molecule has 2 amide bonds. The number of carbonyl (C=O) groups is 2. The van der Waals surface area contributed by atoms with Crippen molar-refractivity contribution in [2.75, 3.05) is 17.3 Å². The summed E-state index contributed by atoms with van der Waals surface area (Å²) in [5.74, 6) is -0.795. The molecule has 1 saturated heterocycles. The van der Waals surface area contributed by atoms with Crippen LogP contribution in [-0.2, 0) is 22.2 Å². The first kappa shape index (κ1) is 27.8. The third-order valence-electron chi connectivity index (χ3n) is 6.28. The normalized spacial score (nSPS) is 16.6. The third kappa shape index (κ3) is 5.94. The Morgan fingerprint density at radius 2 is 1.82 bits per heavy atom. The van der Waals surface area contributed by atoms with Gasteiger partial charge < -0.3 is 10.1 Å². The van der Waals surface area contributed by atoms with Gasteiger partial charge >= 0.3 is 6.18 Å². The Labute approximate surface area is 228 Å². The Morgan fingerprint density at radius 3 is 2.49 bits per heavy atom. The number of benzene rings is 3. The van der Waals surface area contributed by atoms with Crippen molar-refractivity contribution in [3.63, 3.8) is 0 Å². The minimum absolute atomic E-state index is 0.0227. The highest BCUT2D eigenvalue weighted by Crippen LogP contribution is 2.43. The van der Waals surface area contributed by atoms with Gasteiger partial charge in [0, 0.05) is 5.69 Å². The molecule has 39 heavy (non-hydrogen) atoms. The van der Waals surface area contributed by atoms with Crippen molar-refractivity contribution in [3.8, 4) is 11.8 Å². The van der Waals surface area contributed by atoms with E-state index in [1.807, 2.05) is 26.0 Å². The van der Waals surface area contributed by atoms with Gasteiger partial charge in [0.1, 0.15) is 22.4 Å². The summed E-state index contributed by atoms with van der Waals surface area (Å²) in [6, 6.07) is 18.7. The first-order chi connectivity index (χ1) is 18.5. The second-order valence-corrected chi connectivity index (χ2v) is 10.1. The lowest BCUT2D eigenvalue weighted by Crippen LogP contribution is -2.31. The highest BCUT2D eigenvalue weighted by atomic mass is 32.2. The standard InChI is InChI=1S/C29H24F3N3O3S/c1-17-11-12-21(13-18(17)2)35-27(37)25(15-19-7-6-8-20(14-19)29(30,31)32)39-28(35)22(16-33)26(36)34-23-9-4-5-10-24(23)38-3/h4-14,25H,15H2,1-3H3,(H,34,36)/b28-22-. The molecule has 0 radical (unpaired) electrons. The minimum Gasteiger partial charge on any atom is -0.495 e. The molecule has 0 bridgehead atoms. The number of nitrogens with one attached hydrogen (secondary N) is 1. The first-order valence-corrected chi connectivity index (χ1v) is 12.7. The molecule has 4 rings (SSSR count). The van der Waals surface area contributed by atoms with Gasteiger partial charge in [0.15, 0.2) is 0 Å². The van der Waals surface area contributed by atoms with Crippen molar-refractivity contribution in [2.24, 2.45) is 0 Å². The molecule has 1 atom stereocenters. The highest BCUT2D eigenvalue weighted by Gasteiger charge is 2.41. The zero-order valence-electron chi connectivity index (χ0n) is 21.3. The molecule has 1 N–H and O–H groups in total. The molecule has 3 aromatic rings. The van der Waals surface area contributed by atoms with E-state index in [-0.39, 0.29) is 17.0 Å². The zero-order chi connectivity index (χ0) is 28.3. The molecule has 3 aromatic carbocycles. The minimum atomic E-state index is -4.52. The molecule has 0 aliphatic carbocycles. The molecule has 1 heterocycles. The summed E-state index contributed by atoms with van der Waals surface area (Å²) in [5.41, 5.74) is 1.87. The van der Waals surface area contributed by atoms with Crippen molar-refractivity contribution in [3.05, 3.63) is 99.6 Å². The van der Waals surface area contributed by atoms with E-state index in [1.54, 1.807) is 36.4 Å². The number of rotatable bonds is 6. The molecule has 1 aliphatic heterocycles. The van der Waals surface area contributed by atoms with Crippen molar-refractivity contribution in [1.29, 1.82) is 5.26 Å². The number of alkyl halides is 3. The fraction of sp³-hybridized carbons (Fsp3) is 0.207. The Kier molecular flexibility index (Phi) is 8.02. The van der Waals surface area contributed by atoms with Gasteiger partial charge in [-0.15, -0.1) is 0 Å². The molecule has 0 spiro atoms. The SMILES string of the molecule is COc1ccccc1NC(=O)/C(C#N)=C1\SC(Cc2cccc(C(F)(F)F)c2)C(=O)N1c1ccc(C)c(C)c1. The number of aryl methyl sites for hydroxylation is 2. The number of hydrogen-bond acceptors (Lipinski definition) is 5. The summed E-state index contributed by atoms with van der Waals surface area (Å²) in [5, 5.41) is 12.0. The molecule has 1 fully saturated rings. The number of nitriles is 1. The van der Waals surface area contributed by atoms with Crippen LogP contribution in [0, 0.1) is 25.2 Å². The third-order valence-corrected chi connectivity index (χ3v) is 7.55. The quantitative estimate of drug-likeness (QED) is 0.283. The van der Waals surface area contributed by atoms with Crippen LogP contribution in [0.1, 0.15) is 22.3 Å². The van der Waals surface area contributed by atoms with Gasteiger partial charge in [-0.25, -0.2) is 0 Å². The van der Waals surface area contributed by atoms with E-state index in [4.69, 9.17) is 4.74 Å². The summed E-state index contributed by atoms with van der Waals surface area (Å²) in [7, 11) is 1.44. The smallest absolute Gasteiger partial charge is 0.416 e. The van der Waals surface area contributed by atoms with Gasteiger partial charge in [-0.05, 0) is 67.3 Å². The molecule has 10 heteroatoms. The number of nitrogens with zero attached hydrogens (tertiary/aromatic N) is 2. The predicted molar refractivity (Wildman–Crippen MR) is 144 cm³/mol. The van der Waals surface area contributed by atoms with Gasteiger partial charge in [-0.3, -0.25) is 14.5 Å². The van der Waals surface area contributed by atoms with E-state index in [9.17, 15) is 28.0 Å². The van der Waals surface area contributed by atoms with Crippen LogP contribution in [0.15, 0.2) is 77.3 Å². The van der Waals surface area contributed by atoms with Crippen molar-refractivity contribution < 1.29 is 27.5 Å². The average Bonchev–Trinajstić information content (AvgIpc) is 3.21. The number of thioether (sulfide) groups is 1. The summed E-state index contributed by atoms with van der Waals surface area (Å²) < 4.78 is 45.1. The first-order valence-electron chi connectivity index (χ1n) is 11.9. The number of ether oxygens (including phenoxy) is 1. The van der Waals surface area contributed by atoms with Crippen LogP contribution in [0.2, 0.25) is 0 Å². The van der Waals surface area contributed by atoms with Crippen molar-refractivity contribution in [1.82, 2.24) is 0 Å². The lowest BCUT2D eigenvalue weighted by atomic mass is 10.0. The van der Waals surface area contributed by atoms with E-state index in [0.29, 0.717) is 22.7 Å². The molecule has 1 unspecified atom stereocenters.